The van der Waals surface area contributed by atoms with Crippen molar-refractivity contribution in [2.75, 3.05) is 19.6 Å². The number of guanidine groups is 1. The van der Waals surface area contributed by atoms with Crippen LogP contribution in [0.3, 0.4) is 0 Å². The lowest BCUT2D eigenvalue weighted by Gasteiger charge is -2.15. The Hall–Kier alpha value is -2.00. The van der Waals surface area contributed by atoms with Crippen molar-refractivity contribution < 1.29 is 14.3 Å². The highest BCUT2D eigenvalue weighted by molar-refractivity contribution is 14.0. The number of aliphatic hydroxyl groups excluding tert-OH is 1. The number of aliphatic hydroxyl groups is 1. The second-order valence-electron chi connectivity index (χ2n) is 7.01. The summed E-state index contributed by atoms with van der Waals surface area (Å²) in [6.45, 7) is 11.3. The molecule has 0 amide bonds. The number of benzene rings is 1. The molecule has 0 saturated carbocycles. The van der Waals surface area contributed by atoms with Crippen LogP contribution in [0.25, 0.3) is 0 Å². The molecule has 1 aromatic carbocycles. The number of rotatable bonds is 10. The standard InChI is InChI=1S/C22H31N3O3.HI/c1-16(2)14-24-22(23-12-11-19-6-5-13-27-19)25-15-21(26)18-7-9-20(10-8-18)28-17(3)4;/h5-10,13,17,21,26H,1,11-12,14-15H2,2-4H3,(H2,23,24,25);1H. The van der Waals surface area contributed by atoms with Gasteiger partial charge >= 0.3 is 0 Å². The number of nitrogens with zero attached hydrogens (tertiary/aromatic N) is 1. The maximum atomic E-state index is 10.5. The maximum absolute atomic E-state index is 10.5. The maximum Gasteiger partial charge on any atom is 0.191 e. The van der Waals surface area contributed by atoms with E-state index in [-0.39, 0.29) is 36.6 Å². The van der Waals surface area contributed by atoms with Gasteiger partial charge < -0.3 is 24.9 Å². The summed E-state index contributed by atoms with van der Waals surface area (Å²) in [4.78, 5) is 4.50. The number of hydrogen-bond acceptors (Lipinski definition) is 4. The number of nitrogens with one attached hydrogen (secondary N) is 2. The van der Waals surface area contributed by atoms with Crippen LogP contribution in [0.2, 0.25) is 0 Å². The summed E-state index contributed by atoms with van der Waals surface area (Å²) in [5, 5.41) is 16.9. The summed E-state index contributed by atoms with van der Waals surface area (Å²) in [5.41, 5.74) is 1.80. The molecule has 0 radical (unpaired) electrons. The van der Waals surface area contributed by atoms with Gasteiger partial charge in [0.15, 0.2) is 5.96 Å². The molecule has 7 heteroatoms. The molecule has 0 fully saturated rings. The van der Waals surface area contributed by atoms with Crippen LogP contribution >= 0.6 is 24.0 Å². The Morgan fingerprint density at radius 1 is 1.21 bits per heavy atom. The molecule has 29 heavy (non-hydrogen) atoms. The molecule has 1 aromatic heterocycles. The lowest BCUT2D eigenvalue weighted by Crippen LogP contribution is -2.39. The van der Waals surface area contributed by atoms with Crippen LogP contribution in [0.4, 0.5) is 0 Å². The molecule has 3 N–H and O–H groups in total. The van der Waals surface area contributed by atoms with Crippen LogP contribution in [0.15, 0.2) is 64.2 Å². The number of aliphatic imine (C=N–C) groups is 1. The summed E-state index contributed by atoms with van der Waals surface area (Å²) in [6, 6.07) is 11.3. The van der Waals surface area contributed by atoms with Gasteiger partial charge in [-0.1, -0.05) is 24.3 Å². The summed E-state index contributed by atoms with van der Waals surface area (Å²) in [7, 11) is 0. The Balaban J connectivity index is 0.00000420. The van der Waals surface area contributed by atoms with E-state index < -0.39 is 6.10 Å². The van der Waals surface area contributed by atoms with Gasteiger partial charge in [-0.2, -0.15) is 0 Å². The van der Waals surface area contributed by atoms with Crippen molar-refractivity contribution in [3.05, 3.63) is 66.1 Å². The molecule has 0 aliphatic carbocycles. The molecule has 0 spiro atoms. The number of halogens is 1. The predicted octanol–water partition coefficient (Wildman–Crippen LogP) is 4.07. The van der Waals surface area contributed by atoms with Crippen molar-refractivity contribution in [3.63, 3.8) is 0 Å². The smallest absolute Gasteiger partial charge is 0.191 e. The molecule has 0 bridgehead atoms. The van der Waals surface area contributed by atoms with E-state index in [1.54, 1.807) is 6.26 Å². The third-order valence-corrected chi connectivity index (χ3v) is 3.86. The van der Waals surface area contributed by atoms with E-state index in [0.29, 0.717) is 19.0 Å². The Labute approximate surface area is 190 Å². The largest absolute Gasteiger partial charge is 0.491 e. The molecule has 1 heterocycles. The summed E-state index contributed by atoms with van der Waals surface area (Å²) >= 11 is 0. The number of hydrogen-bond donors (Lipinski definition) is 3. The number of ether oxygens (including phenoxy) is 1. The van der Waals surface area contributed by atoms with E-state index in [0.717, 1.165) is 29.1 Å². The van der Waals surface area contributed by atoms with E-state index in [9.17, 15) is 5.11 Å². The molecule has 0 aliphatic rings. The molecule has 2 rings (SSSR count). The molecule has 1 unspecified atom stereocenters. The third-order valence-electron chi connectivity index (χ3n) is 3.86. The van der Waals surface area contributed by atoms with Crippen LogP contribution in [0, 0.1) is 0 Å². The first kappa shape index (κ1) is 25.0. The van der Waals surface area contributed by atoms with Gasteiger partial charge in [0.1, 0.15) is 11.5 Å². The lowest BCUT2D eigenvalue weighted by atomic mass is 10.1. The minimum Gasteiger partial charge on any atom is -0.491 e. The Morgan fingerprint density at radius 2 is 1.93 bits per heavy atom. The second kappa shape index (κ2) is 13.3. The molecule has 6 nitrogen and oxygen atoms in total. The van der Waals surface area contributed by atoms with Crippen LogP contribution in [0.1, 0.15) is 38.2 Å². The van der Waals surface area contributed by atoms with Crippen molar-refractivity contribution in [3.8, 4) is 5.75 Å². The average Bonchev–Trinajstić information content (AvgIpc) is 3.16. The molecule has 0 aliphatic heterocycles. The van der Waals surface area contributed by atoms with E-state index >= 15 is 0 Å². The quantitative estimate of drug-likeness (QED) is 0.193. The van der Waals surface area contributed by atoms with Crippen molar-refractivity contribution in [2.24, 2.45) is 4.99 Å². The van der Waals surface area contributed by atoms with Crippen molar-refractivity contribution in [1.29, 1.82) is 0 Å². The zero-order valence-electron chi connectivity index (χ0n) is 17.4. The van der Waals surface area contributed by atoms with Gasteiger partial charge in [-0.15, -0.1) is 24.0 Å². The Morgan fingerprint density at radius 3 is 2.52 bits per heavy atom. The third kappa shape index (κ3) is 9.85. The minimum absolute atomic E-state index is 0. The van der Waals surface area contributed by atoms with Gasteiger partial charge in [0.2, 0.25) is 0 Å². The van der Waals surface area contributed by atoms with Gasteiger partial charge in [0.25, 0.3) is 0 Å². The zero-order chi connectivity index (χ0) is 20.4. The molecular weight excluding hydrogens is 481 g/mol. The lowest BCUT2D eigenvalue weighted by molar-refractivity contribution is 0.186. The fourth-order valence-corrected chi connectivity index (χ4v) is 2.49. The predicted molar refractivity (Wildman–Crippen MR) is 128 cm³/mol. The molecule has 2 aromatic rings. The summed E-state index contributed by atoms with van der Waals surface area (Å²) in [5.74, 6) is 2.33. The van der Waals surface area contributed by atoms with Crippen LogP contribution < -0.4 is 15.4 Å². The van der Waals surface area contributed by atoms with E-state index in [1.807, 2.05) is 57.2 Å². The number of furan rings is 1. The zero-order valence-corrected chi connectivity index (χ0v) is 19.7. The van der Waals surface area contributed by atoms with E-state index in [1.165, 1.54) is 0 Å². The molecule has 1 atom stereocenters. The Kier molecular flexibility index (Phi) is 11.5. The molecular formula is C22H32IN3O3. The van der Waals surface area contributed by atoms with Gasteiger partial charge in [-0.25, -0.2) is 0 Å². The minimum atomic E-state index is -0.693. The highest BCUT2D eigenvalue weighted by atomic mass is 127. The fourth-order valence-electron chi connectivity index (χ4n) is 2.49. The first-order chi connectivity index (χ1) is 13.4. The van der Waals surface area contributed by atoms with Crippen LogP contribution in [-0.4, -0.2) is 36.8 Å². The molecule has 0 saturated heterocycles. The van der Waals surface area contributed by atoms with Crippen molar-refractivity contribution >= 4 is 29.9 Å². The van der Waals surface area contributed by atoms with Gasteiger partial charge in [-0.3, -0.25) is 4.99 Å². The fraction of sp³-hybridized carbons (Fsp3) is 0.409. The first-order valence-corrected chi connectivity index (χ1v) is 9.57. The van der Waals surface area contributed by atoms with Crippen molar-refractivity contribution in [1.82, 2.24) is 10.6 Å². The van der Waals surface area contributed by atoms with Crippen LogP contribution in [-0.2, 0) is 6.42 Å². The van der Waals surface area contributed by atoms with Crippen LogP contribution in [0.5, 0.6) is 5.75 Å². The van der Waals surface area contributed by atoms with Gasteiger partial charge in [-0.05, 0) is 50.6 Å². The monoisotopic (exact) mass is 513 g/mol. The molecule has 160 valence electrons. The first-order valence-electron chi connectivity index (χ1n) is 9.57. The summed E-state index contributed by atoms with van der Waals surface area (Å²) < 4.78 is 11.0. The highest BCUT2D eigenvalue weighted by Gasteiger charge is 2.09. The second-order valence-corrected chi connectivity index (χ2v) is 7.01. The SMILES string of the molecule is C=C(C)CNC(=NCC(O)c1ccc(OC(C)C)cc1)NCCc1ccco1.I. The van der Waals surface area contributed by atoms with Crippen molar-refractivity contribution in [2.45, 2.75) is 39.4 Å². The van der Waals surface area contributed by atoms with Gasteiger partial charge in [0, 0.05) is 19.5 Å². The van der Waals surface area contributed by atoms with E-state index in [2.05, 4.69) is 22.2 Å². The topological polar surface area (TPSA) is 79.0 Å². The van der Waals surface area contributed by atoms with Gasteiger partial charge in [0.05, 0.1) is 25.0 Å². The summed E-state index contributed by atoms with van der Waals surface area (Å²) in [6.07, 6.45) is 1.84. The average molecular weight is 513 g/mol. The Bertz CT molecular complexity index is 743. The highest BCUT2D eigenvalue weighted by Crippen LogP contribution is 2.19. The normalized spacial score (nSPS) is 12.2. The van der Waals surface area contributed by atoms with E-state index in [4.69, 9.17) is 9.15 Å².